The smallest absolute Gasteiger partial charge is 0.394 e. The Kier molecular flexibility index (Phi) is 4.58. The van der Waals surface area contributed by atoms with Gasteiger partial charge in [-0.3, -0.25) is 4.79 Å². The van der Waals surface area contributed by atoms with Crippen LogP contribution in [0.5, 0.6) is 0 Å². The Balaban J connectivity index is 2.11. The molecule has 2 N–H and O–H groups in total. The first kappa shape index (κ1) is 15.8. The van der Waals surface area contributed by atoms with Crippen molar-refractivity contribution in [1.29, 1.82) is 0 Å². The maximum absolute atomic E-state index is 12.5. The molecule has 2 rings (SSSR count). The SMILES string of the molecule is O=C(NC1(CO)CCOCC1)c1cccn1CC(F)(F)F. The summed E-state index contributed by atoms with van der Waals surface area (Å²) in [6.07, 6.45) is -2.34. The number of nitrogens with zero attached hydrogens (tertiary/aromatic N) is 1. The van der Waals surface area contributed by atoms with Gasteiger partial charge < -0.3 is 19.7 Å². The highest BCUT2D eigenvalue weighted by atomic mass is 19.4. The molecule has 2 heterocycles. The number of aliphatic hydroxyl groups is 1. The molecule has 1 fully saturated rings. The van der Waals surface area contributed by atoms with Crippen molar-refractivity contribution >= 4 is 5.91 Å². The monoisotopic (exact) mass is 306 g/mol. The van der Waals surface area contributed by atoms with Crippen LogP contribution in [0.4, 0.5) is 13.2 Å². The molecule has 0 radical (unpaired) electrons. The summed E-state index contributed by atoms with van der Waals surface area (Å²) in [6, 6.07) is 2.71. The van der Waals surface area contributed by atoms with Crippen LogP contribution < -0.4 is 5.32 Å². The molecule has 1 amide bonds. The van der Waals surface area contributed by atoms with Gasteiger partial charge in [0.1, 0.15) is 12.2 Å². The van der Waals surface area contributed by atoms with Crippen molar-refractivity contribution in [3.8, 4) is 0 Å². The Morgan fingerprint density at radius 1 is 1.43 bits per heavy atom. The third kappa shape index (κ3) is 3.98. The van der Waals surface area contributed by atoms with Crippen LogP contribution in [0, 0.1) is 0 Å². The van der Waals surface area contributed by atoms with E-state index in [9.17, 15) is 23.1 Å². The van der Waals surface area contributed by atoms with Crippen LogP contribution >= 0.6 is 0 Å². The van der Waals surface area contributed by atoms with Crippen molar-refractivity contribution in [1.82, 2.24) is 9.88 Å². The number of ether oxygens (including phenoxy) is 1. The van der Waals surface area contributed by atoms with Crippen LogP contribution in [-0.4, -0.2) is 47.1 Å². The first-order valence-electron chi connectivity index (χ1n) is 6.58. The molecule has 5 nitrogen and oxygen atoms in total. The average molecular weight is 306 g/mol. The molecule has 0 saturated carbocycles. The molecule has 0 aliphatic carbocycles. The van der Waals surface area contributed by atoms with Gasteiger partial charge in [0.25, 0.3) is 5.91 Å². The van der Waals surface area contributed by atoms with Crippen LogP contribution in [0.3, 0.4) is 0 Å². The maximum atomic E-state index is 12.5. The lowest BCUT2D eigenvalue weighted by atomic mass is 9.91. The van der Waals surface area contributed by atoms with E-state index in [2.05, 4.69) is 5.32 Å². The summed E-state index contributed by atoms with van der Waals surface area (Å²) in [6.45, 7) is -0.713. The fraction of sp³-hybridized carbons (Fsp3) is 0.615. The Hall–Kier alpha value is -1.54. The number of halogens is 3. The van der Waals surface area contributed by atoms with Crippen molar-refractivity contribution in [3.63, 3.8) is 0 Å². The Morgan fingerprint density at radius 3 is 2.67 bits per heavy atom. The van der Waals surface area contributed by atoms with Crippen LogP contribution in [0.2, 0.25) is 0 Å². The fourth-order valence-electron chi connectivity index (χ4n) is 2.34. The third-order valence-electron chi connectivity index (χ3n) is 3.54. The van der Waals surface area contributed by atoms with E-state index < -0.39 is 24.2 Å². The molecule has 1 aromatic rings. The molecule has 8 heteroatoms. The normalized spacial score (nSPS) is 18.5. The summed E-state index contributed by atoms with van der Waals surface area (Å²) in [5.74, 6) is -0.625. The summed E-state index contributed by atoms with van der Waals surface area (Å²) in [5.41, 5.74) is -0.908. The number of aliphatic hydroxyl groups excluding tert-OH is 1. The lowest BCUT2D eigenvalue weighted by Crippen LogP contribution is -2.54. The van der Waals surface area contributed by atoms with Gasteiger partial charge in [-0.05, 0) is 25.0 Å². The Bertz CT molecular complexity index is 493. The van der Waals surface area contributed by atoms with Crippen molar-refractivity contribution in [2.45, 2.75) is 31.1 Å². The second-order valence-electron chi connectivity index (χ2n) is 5.14. The Labute approximate surface area is 119 Å². The van der Waals surface area contributed by atoms with Gasteiger partial charge >= 0.3 is 6.18 Å². The second-order valence-corrected chi connectivity index (χ2v) is 5.14. The lowest BCUT2D eigenvalue weighted by Gasteiger charge is -2.36. The van der Waals surface area contributed by atoms with Gasteiger partial charge in [0.15, 0.2) is 0 Å². The van der Waals surface area contributed by atoms with Crippen molar-refractivity contribution in [3.05, 3.63) is 24.0 Å². The van der Waals surface area contributed by atoms with Crippen molar-refractivity contribution in [2.75, 3.05) is 19.8 Å². The molecule has 1 aliphatic heterocycles. The molecular formula is C13H17F3N2O3. The number of aromatic nitrogens is 1. The van der Waals surface area contributed by atoms with Crippen molar-refractivity contribution in [2.24, 2.45) is 0 Å². The van der Waals surface area contributed by atoms with Gasteiger partial charge in [-0.2, -0.15) is 13.2 Å². The molecule has 0 aromatic carbocycles. The summed E-state index contributed by atoms with van der Waals surface area (Å²) in [7, 11) is 0. The minimum absolute atomic E-state index is 0.0772. The highest BCUT2D eigenvalue weighted by Gasteiger charge is 2.35. The van der Waals surface area contributed by atoms with Crippen LogP contribution in [0.15, 0.2) is 18.3 Å². The predicted octanol–water partition coefficient (Wildman–Crippen LogP) is 1.32. The van der Waals surface area contributed by atoms with Gasteiger partial charge in [-0.15, -0.1) is 0 Å². The Morgan fingerprint density at radius 2 is 2.10 bits per heavy atom. The molecule has 1 saturated heterocycles. The number of hydrogen-bond acceptors (Lipinski definition) is 3. The van der Waals surface area contributed by atoms with Gasteiger partial charge in [0.2, 0.25) is 0 Å². The van der Waals surface area contributed by atoms with Gasteiger partial charge in [-0.1, -0.05) is 0 Å². The molecular weight excluding hydrogens is 289 g/mol. The highest BCUT2D eigenvalue weighted by Crippen LogP contribution is 2.22. The van der Waals surface area contributed by atoms with Gasteiger partial charge in [0, 0.05) is 19.4 Å². The number of alkyl halides is 3. The number of nitrogens with one attached hydrogen (secondary N) is 1. The third-order valence-corrected chi connectivity index (χ3v) is 3.54. The first-order valence-corrected chi connectivity index (χ1v) is 6.58. The predicted molar refractivity (Wildman–Crippen MR) is 67.8 cm³/mol. The number of carbonyl (C=O) groups excluding carboxylic acids is 1. The molecule has 0 bridgehead atoms. The fourth-order valence-corrected chi connectivity index (χ4v) is 2.34. The molecule has 118 valence electrons. The van der Waals surface area contributed by atoms with E-state index in [1.807, 2.05) is 0 Å². The topological polar surface area (TPSA) is 63.5 Å². The van der Waals surface area contributed by atoms with Crippen molar-refractivity contribution < 1.29 is 27.8 Å². The van der Waals surface area contributed by atoms with E-state index in [0.717, 1.165) is 4.57 Å². The van der Waals surface area contributed by atoms with Gasteiger partial charge in [-0.25, -0.2) is 0 Å². The molecule has 0 spiro atoms. The summed E-state index contributed by atoms with van der Waals surface area (Å²) in [4.78, 5) is 12.2. The zero-order valence-corrected chi connectivity index (χ0v) is 11.3. The molecule has 0 atom stereocenters. The number of hydrogen-bond donors (Lipinski definition) is 2. The molecule has 1 aromatic heterocycles. The van der Waals surface area contributed by atoms with E-state index in [0.29, 0.717) is 26.1 Å². The average Bonchev–Trinajstić information content (AvgIpc) is 2.85. The molecule has 0 unspecified atom stereocenters. The van der Waals surface area contributed by atoms with Crippen LogP contribution in [-0.2, 0) is 11.3 Å². The summed E-state index contributed by atoms with van der Waals surface area (Å²) >= 11 is 0. The molecule has 21 heavy (non-hydrogen) atoms. The van der Waals surface area contributed by atoms with E-state index in [4.69, 9.17) is 4.74 Å². The first-order chi connectivity index (χ1) is 9.85. The number of carbonyl (C=O) groups is 1. The zero-order valence-electron chi connectivity index (χ0n) is 11.3. The second kappa shape index (κ2) is 6.07. The quantitative estimate of drug-likeness (QED) is 0.882. The summed E-state index contributed by atoms with van der Waals surface area (Å²) < 4.78 is 43.4. The van der Waals surface area contributed by atoms with E-state index in [1.165, 1.54) is 18.3 Å². The highest BCUT2D eigenvalue weighted by molar-refractivity contribution is 5.93. The lowest BCUT2D eigenvalue weighted by molar-refractivity contribution is -0.140. The number of amides is 1. The molecule has 1 aliphatic rings. The maximum Gasteiger partial charge on any atom is 0.406 e. The number of rotatable bonds is 4. The van der Waals surface area contributed by atoms with Gasteiger partial charge in [0.05, 0.1) is 12.1 Å². The minimum Gasteiger partial charge on any atom is -0.394 e. The standard InChI is InChI=1S/C13H17F3N2O3/c14-13(15,16)8-18-5-1-2-10(18)11(20)17-12(9-19)3-6-21-7-4-12/h1-2,5,19H,3-4,6-9H2,(H,17,20). The van der Waals surface area contributed by atoms with Crippen LogP contribution in [0.25, 0.3) is 0 Å². The summed E-state index contributed by atoms with van der Waals surface area (Å²) in [5, 5.41) is 12.1. The minimum atomic E-state index is -4.40. The largest absolute Gasteiger partial charge is 0.406 e. The van der Waals surface area contributed by atoms with E-state index in [-0.39, 0.29) is 12.3 Å². The zero-order chi connectivity index (χ0) is 15.5. The van der Waals surface area contributed by atoms with E-state index in [1.54, 1.807) is 0 Å². The van der Waals surface area contributed by atoms with E-state index >= 15 is 0 Å². The van der Waals surface area contributed by atoms with Crippen LogP contribution in [0.1, 0.15) is 23.3 Å².